The fraction of sp³-hybridized carbons (Fsp3) is 0.571. The SMILES string of the molecule is CN=C(NCCc1ccc(-c2csc(C)n2)s1)NCC1(C(=O)N(C)C)CCCC1.I. The number of aryl methyl sites for hydroxylation is 1. The molecule has 166 valence electrons. The minimum Gasteiger partial charge on any atom is -0.356 e. The fourth-order valence-electron chi connectivity index (χ4n) is 3.90. The summed E-state index contributed by atoms with van der Waals surface area (Å²) in [5.41, 5.74) is 0.775. The molecule has 0 aromatic carbocycles. The first-order chi connectivity index (χ1) is 13.9. The summed E-state index contributed by atoms with van der Waals surface area (Å²) in [4.78, 5) is 25.9. The molecule has 6 nitrogen and oxygen atoms in total. The first-order valence-electron chi connectivity index (χ1n) is 10.1. The maximum Gasteiger partial charge on any atom is 0.230 e. The van der Waals surface area contributed by atoms with Crippen LogP contribution >= 0.6 is 46.7 Å². The van der Waals surface area contributed by atoms with E-state index in [2.05, 4.69) is 38.1 Å². The van der Waals surface area contributed by atoms with Crippen LogP contribution in [0.15, 0.2) is 22.5 Å². The van der Waals surface area contributed by atoms with Crippen LogP contribution in [0.2, 0.25) is 0 Å². The number of aromatic nitrogens is 1. The summed E-state index contributed by atoms with van der Waals surface area (Å²) in [6.07, 6.45) is 5.05. The van der Waals surface area contributed by atoms with Crippen molar-refractivity contribution in [3.63, 3.8) is 0 Å². The Labute approximate surface area is 204 Å². The second kappa shape index (κ2) is 11.4. The van der Waals surface area contributed by atoms with Crippen LogP contribution < -0.4 is 10.6 Å². The number of thiophene rings is 1. The van der Waals surface area contributed by atoms with E-state index >= 15 is 0 Å². The number of carbonyl (C=O) groups excluding carboxylic acids is 1. The lowest BCUT2D eigenvalue weighted by molar-refractivity contribution is -0.138. The van der Waals surface area contributed by atoms with Crippen LogP contribution in [0.3, 0.4) is 0 Å². The molecule has 0 saturated heterocycles. The standard InChI is InChI=1S/C21H31N5OS2.HI/c1-15-25-17(13-28-15)18-8-7-16(29-18)9-12-23-20(22-2)24-14-21(10-5-6-11-21)19(27)26(3)4;/h7-8,13H,5-6,9-12,14H2,1-4H3,(H2,22,23,24);1H. The molecule has 0 bridgehead atoms. The number of guanidine groups is 1. The molecule has 0 aliphatic heterocycles. The Morgan fingerprint density at radius 3 is 2.60 bits per heavy atom. The molecule has 1 saturated carbocycles. The Balaban J connectivity index is 0.00000320. The average molecular weight is 562 g/mol. The molecule has 2 heterocycles. The second-order valence-corrected chi connectivity index (χ2v) is 10.0. The van der Waals surface area contributed by atoms with E-state index in [9.17, 15) is 4.79 Å². The number of hydrogen-bond donors (Lipinski definition) is 2. The summed E-state index contributed by atoms with van der Waals surface area (Å²) in [5, 5.41) is 9.99. The molecule has 2 aromatic heterocycles. The number of amides is 1. The molecule has 0 atom stereocenters. The predicted molar refractivity (Wildman–Crippen MR) is 138 cm³/mol. The number of nitrogens with zero attached hydrogens (tertiary/aromatic N) is 3. The van der Waals surface area contributed by atoms with Gasteiger partial charge < -0.3 is 15.5 Å². The third-order valence-corrected chi connectivity index (χ3v) is 7.38. The molecule has 1 fully saturated rings. The third-order valence-electron chi connectivity index (χ3n) is 5.44. The van der Waals surface area contributed by atoms with Gasteiger partial charge in [0.2, 0.25) is 5.91 Å². The molecule has 1 amide bonds. The minimum atomic E-state index is -0.296. The Morgan fingerprint density at radius 2 is 2.00 bits per heavy atom. The molecule has 2 aromatic rings. The van der Waals surface area contributed by atoms with Gasteiger partial charge in [-0.1, -0.05) is 12.8 Å². The van der Waals surface area contributed by atoms with Gasteiger partial charge in [0.05, 0.1) is 21.0 Å². The molecule has 1 aliphatic rings. The van der Waals surface area contributed by atoms with Crippen molar-refractivity contribution in [2.24, 2.45) is 10.4 Å². The van der Waals surface area contributed by atoms with Gasteiger partial charge in [-0.3, -0.25) is 9.79 Å². The van der Waals surface area contributed by atoms with Crippen LogP contribution in [0, 0.1) is 12.3 Å². The van der Waals surface area contributed by atoms with E-state index in [0.29, 0.717) is 6.54 Å². The summed E-state index contributed by atoms with van der Waals surface area (Å²) >= 11 is 3.48. The highest BCUT2D eigenvalue weighted by molar-refractivity contribution is 14.0. The lowest BCUT2D eigenvalue weighted by atomic mass is 9.84. The van der Waals surface area contributed by atoms with E-state index in [-0.39, 0.29) is 35.3 Å². The summed E-state index contributed by atoms with van der Waals surface area (Å²) < 4.78 is 0. The van der Waals surface area contributed by atoms with Crippen molar-refractivity contribution in [3.8, 4) is 10.6 Å². The number of nitrogens with one attached hydrogen (secondary N) is 2. The van der Waals surface area contributed by atoms with Gasteiger partial charge in [0, 0.05) is 44.5 Å². The van der Waals surface area contributed by atoms with Gasteiger partial charge >= 0.3 is 0 Å². The first kappa shape index (κ1) is 25.1. The fourth-order valence-corrected chi connectivity index (χ4v) is 5.55. The molecule has 0 radical (unpaired) electrons. The van der Waals surface area contributed by atoms with Crippen LogP contribution in [0.5, 0.6) is 0 Å². The lowest BCUT2D eigenvalue weighted by Gasteiger charge is -2.31. The largest absolute Gasteiger partial charge is 0.356 e. The van der Waals surface area contributed by atoms with Crippen LogP contribution in [0.4, 0.5) is 0 Å². The highest BCUT2D eigenvalue weighted by Gasteiger charge is 2.42. The van der Waals surface area contributed by atoms with Crippen molar-refractivity contribution in [1.29, 1.82) is 0 Å². The second-order valence-electron chi connectivity index (χ2n) is 7.81. The molecule has 0 spiro atoms. The number of carbonyl (C=O) groups is 1. The summed E-state index contributed by atoms with van der Waals surface area (Å²) in [5.74, 6) is 0.982. The molecule has 30 heavy (non-hydrogen) atoms. The number of rotatable bonds is 7. The van der Waals surface area contributed by atoms with Crippen molar-refractivity contribution in [2.45, 2.75) is 39.0 Å². The normalized spacial score (nSPS) is 15.5. The van der Waals surface area contributed by atoms with Crippen molar-refractivity contribution < 1.29 is 4.79 Å². The molecule has 3 rings (SSSR count). The molecule has 2 N–H and O–H groups in total. The molecule has 0 unspecified atom stereocenters. The number of thiazole rings is 1. The molecular weight excluding hydrogens is 529 g/mol. The third kappa shape index (κ3) is 6.16. The van der Waals surface area contributed by atoms with Crippen molar-refractivity contribution in [3.05, 3.63) is 27.4 Å². The van der Waals surface area contributed by atoms with Crippen molar-refractivity contribution >= 4 is 58.5 Å². The maximum atomic E-state index is 12.7. The van der Waals surface area contributed by atoms with E-state index in [1.807, 2.05) is 21.0 Å². The Bertz CT molecular complexity index is 855. The smallest absolute Gasteiger partial charge is 0.230 e. The van der Waals surface area contributed by atoms with Crippen molar-refractivity contribution in [1.82, 2.24) is 20.5 Å². The van der Waals surface area contributed by atoms with E-state index in [1.165, 1.54) is 9.75 Å². The van der Waals surface area contributed by atoms with Gasteiger partial charge in [0.25, 0.3) is 0 Å². The van der Waals surface area contributed by atoms with E-state index < -0.39 is 0 Å². The monoisotopic (exact) mass is 561 g/mol. The van der Waals surface area contributed by atoms with Crippen LogP contribution in [0.1, 0.15) is 35.6 Å². The van der Waals surface area contributed by atoms with Gasteiger partial charge in [0.15, 0.2) is 5.96 Å². The van der Waals surface area contributed by atoms with Crippen LogP contribution in [-0.4, -0.2) is 56.0 Å². The van der Waals surface area contributed by atoms with E-state index in [4.69, 9.17) is 0 Å². The molecule has 1 aliphatic carbocycles. The summed E-state index contributed by atoms with van der Waals surface area (Å²) in [6, 6.07) is 4.33. The van der Waals surface area contributed by atoms with Crippen LogP contribution in [-0.2, 0) is 11.2 Å². The zero-order valence-corrected chi connectivity index (χ0v) is 22.1. The first-order valence-corrected chi connectivity index (χ1v) is 11.8. The number of aliphatic imine (C=N–C) groups is 1. The van der Waals surface area contributed by atoms with E-state index in [0.717, 1.165) is 55.3 Å². The van der Waals surface area contributed by atoms with Gasteiger partial charge in [-0.05, 0) is 38.3 Å². The molecular formula is C21H32IN5OS2. The zero-order chi connectivity index (χ0) is 20.9. The van der Waals surface area contributed by atoms with Gasteiger partial charge in [0.1, 0.15) is 0 Å². The lowest BCUT2D eigenvalue weighted by Crippen LogP contribution is -2.49. The zero-order valence-electron chi connectivity index (χ0n) is 18.2. The molecule has 9 heteroatoms. The van der Waals surface area contributed by atoms with E-state index in [1.54, 1.807) is 34.6 Å². The quantitative estimate of drug-likeness (QED) is 0.303. The van der Waals surface area contributed by atoms with Crippen LogP contribution in [0.25, 0.3) is 10.6 Å². The van der Waals surface area contributed by atoms with Crippen molar-refractivity contribution in [2.75, 3.05) is 34.2 Å². The number of hydrogen-bond acceptors (Lipinski definition) is 5. The topological polar surface area (TPSA) is 69.6 Å². The maximum absolute atomic E-state index is 12.7. The van der Waals surface area contributed by atoms with Gasteiger partial charge in [-0.15, -0.1) is 46.7 Å². The number of halogens is 1. The van der Waals surface area contributed by atoms with Gasteiger partial charge in [-0.2, -0.15) is 0 Å². The summed E-state index contributed by atoms with van der Waals surface area (Å²) in [7, 11) is 5.47. The highest BCUT2D eigenvalue weighted by atomic mass is 127. The Morgan fingerprint density at radius 1 is 1.27 bits per heavy atom. The average Bonchev–Trinajstić information content (AvgIpc) is 3.45. The minimum absolute atomic E-state index is 0. The highest BCUT2D eigenvalue weighted by Crippen LogP contribution is 2.38. The predicted octanol–water partition coefficient (Wildman–Crippen LogP) is 4.15. The summed E-state index contributed by atoms with van der Waals surface area (Å²) in [6.45, 7) is 3.47. The Hall–Kier alpha value is -1.20. The Kier molecular flexibility index (Phi) is 9.55. The van der Waals surface area contributed by atoms with Gasteiger partial charge in [-0.25, -0.2) is 4.98 Å².